The Morgan fingerprint density at radius 3 is 3.00 bits per heavy atom. The Labute approximate surface area is 71.1 Å². The lowest BCUT2D eigenvalue weighted by Gasteiger charge is -1.96. The first kappa shape index (κ1) is 8.68. The van der Waals surface area contributed by atoms with Gasteiger partial charge in [0.1, 0.15) is 5.76 Å². The lowest BCUT2D eigenvalue weighted by atomic mass is 10.5. The van der Waals surface area contributed by atoms with Crippen LogP contribution in [0, 0.1) is 6.92 Å². The van der Waals surface area contributed by atoms with Crippen molar-refractivity contribution >= 4 is 11.8 Å². The Bertz CT molecular complexity index is 210. The Morgan fingerprint density at radius 1 is 1.64 bits per heavy atom. The molecule has 0 bridgehead atoms. The minimum atomic E-state index is 0.768. The summed E-state index contributed by atoms with van der Waals surface area (Å²) in [7, 11) is 0. The molecule has 2 N–H and O–H groups in total. The van der Waals surface area contributed by atoms with E-state index in [1.807, 2.05) is 13.0 Å². The van der Waals surface area contributed by atoms with Gasteiger partial charge in [-0.1, -0.05) is 0 Å². The van der Waals surface area contributed by atoms with E-state index in [1.54, 1.807) is 18.0 Å². The number of rotatable bonds is 4. The fraction of sp³-hybridized carbons (Fsp3) is 0.500. The van der Waals surface area contributed by atoms with Crippen molar-refractivity contribution in [3.8, 4) is 0 Å². The molecular weight excluding hydrogens is 158 g/mol. The van der Waals surface area contributed by atoms with Gasteiger partial charge in [0, 0.05) is 4.90 Å². The van der Waals surface area contributed by atoms with Crippen LogP contribution >= 0.6 is 11.8 Å². The molecule has 2 nitrogen and oxygen atoms in total. The second-order valence-electron chi connectivity index (χ2n) is 2.33. The van der Waals surface area contributed by atoms with Crippen molar-refractivity contribution in [2.24, 2.45) is 5.73 Å². The predicted octanol–water partition coefficient (Wildman–Crippen LogP) is 2.03. The minimum Gasteiger partial charge on any atom is -0.468 e. The van der Waals surface area contributed by atoms with Gasteiger partial charge in [0.25, 0.3) is 0 Å². The third-order valence-electron chi connectivity index (χ3n) is 1.42. The van der Waals surface area contributed by atoms with Gasteiger partial charge in [0.15, 0.2) is 0 Å². The van der Waals surface area contributed by atoms with Gasteiger partial charge in [0.2, 0.25) is 0 Å². The molecule has 0 spiro atoms. The van der Waals surface area contributed by atoms with Crippen LogP contribution in [0.25, 0.3) is 0 Å². The van der Waals surface area contributed by atoms with Gasteiger partial charge in [0.05, 0.1) is 6.26 Å². The van der Waals surface area contributed by atoms with Crippen LogP contribution in [0.3, 0.4) is 0 Å². The van der Waals surface area contributed by atoms with E-state index in [0.717, 1.165) is 24.5 Å². The molecular formula is C8H13NOS. The molecule has 3 heteroatoms. The van der Waals surface area contributed by atoms with Gasteiger partial charge < -0.3 is 10.2 Å². The Hall–Kier alpha value is -0.410. The van der Waals surface area contributed by atoms with Crippen LogP contribution in [0.4, 0.5) is 0 Å². The molecule has 0 fully saturated rings. The molecule has 1 heterocycles. The quantitative estimate of drug-likeness (QED) is 0.556. The molecule has 0 radical (unpaired) electrons. The van der Waals surface area contributed by atoms with Crippen LogP contribution in [-0.4, -0.2) is 12.3 Å². The van der Waals surface area contributed by atoms with Crippen molar-refractivity contribution in [2.45, 2.75) is 18.2 Å². The second kappa shape index (κ2) is 4.46. The average molecular weight is 171 g/mol. The van der Waals surface area contributed by atoms with E-state index in [4.69, 9.17) is 10.2 Å². The summed E-state index contributed by atoms with van der Waals surface area (Å²) in [6.07, 6.45) is 2.79. The highest BCUT2D eigenvalue weighted by atomic mass is 32.2. The van der Waals surface area contributed by atoms with Crippen molar-refractivity contribution in [1.82, 2.24) is 0 Å². The fourth-order valence-corrected chi connectivity index (χ4v) is 1.72. The van der Waals surface area contributed by atoms with Gasteiger partial charge in [-0.2, -0.15) is 0 Å². The summed E-state index contributed by atoms with van der Waals surface area (Å²) in [4.78, 5) is 1.23. The highest BCUT2D eigenvalue weighted by molar-refractivity contribution is 7.99. The molecule has 0 unspecified atom stereocenters. The molecule has 0 aliphatic rings. The standard InChI is InChI=1S/C8H13NOS/c1-7-8(3-5-10-7)11-6-2-4-9/h3,5H,2,4,6,9H2,1H3. The molecule has 11 heavy (non-hydrogen) atoms. The summed E-state index contributed by atoms with van der Waals surface area (Å²) in [5.74, 6) is 2.09. The van der Waals surface area contributed by atoms with Crippen LogP contribution in [0.1, 0.15) is 12.2 Å². The molecule has 1 aromatic heterocycles. The normalized spacial score (nSPS) is 10.4. The monoisotopic (exact) mass is 171 g/mol. The van der Waals surface area contributed by atoms with Gasteiger partial charge >= 0.3 is 0 Å². The zero-order valence-corrected chi connectivity index (χ0v) is 7.49. The minimum absolute atomic E-state index is 0.768. The molecule has 0 amide bonds. The molecule has 0 aliphatic heterocycles. The maximum atomic E-state index is 5.37. The Morgan fingerprint density at radius 2 is 2.45 bits per heavy atom. The molecule has 0 saturated heterocycles. The Kier molecular flexibility index (Phi) is 3.52. The van der Waals surface area contributed by atoms with Crippen LogP contribution in [-0.2, 0) is 0 Å². The summed E-state index contributed by atoms with van der Waals surface area (Å²) in [6.45, 7) is 2.74. The van der Waals surface area contributed by atoms with Crippen molar-refractivity contribution in [2.75, 3.05) is 12.3 Å². The lowest BCUT2D eigenvalue weighted by molar-refractivity contribution is 0.527. The number of thioether (sulfide) groups is 1. The maximum Gasteiger partial charge on any atom is 0.114 e. The number of aryl methyl sites for hydroxylation is 1. The van der Waals surface area contributed by atoms with Crippen LogP contribution in [0.5, 0.6) is 0 Å². The van der Waals surface area contributed by atoms with E-state index in [-0.39, 0.29) is 0 Å². The van der Waals surface area contributed by atoms with E-state index in [0.29, 0.717) is 0 Å². The van der Waals surface area contributed by atoms with Gasteiger partial charge in [-0.25, -0.2) is 0 Å². The van der Waals surface area contributed by atoms with Crippen molar-refractivity contribution in [3.63, 3.8) is 0 Å². The fourth-order valence-electron chi connectivity index (χ4n) is 0.789. The second-order valence-corrected chi connectivity index (χ2v) is 3.47. The van der Waals surface area contributed by atoms with E-state index in [1.165, 1.54) is 4.90 Å². The maximum absolute atomic E-state index is 5.37. The van der Waals surface area contributed by atoms with Gasteiger partial charge in [-0.3, -0.25) is 0 Å². The lowest BCUT2D eigenvalue weighted by Crippen LogP contribution is -1.99. The molecule has 0 atom stereocenters. The van der Waals surface area contributed by atoms with E-state index < -0.39 is 0 Å². The van der Waals surface area contributed by atoms with Gasteiger partial charge in [-0.15, -0.1) is 11.8 Å². The van der Waals surface area contributed by atoms with Crippen molar-refractivity contribution < 1.29 is 4.42 Å². The summed E-state index contributed by atoms with van der Waals surface area (Å²) >= 11 is 1.80. The largest absolute Gasteiger partial charge is 0.468 e. The molecule has 62 valence electrons. The molecule has 0 aromatic carbocycles. The predicted molar refractivity (Wildman–Crippen MR) is 47.8 cm³/mol. The third kappa shape index (κ3) is 2.60. The first-order valence-corrected chi connectivity index (χ1v) is 4.70. The topological polar surface area (TPSA) is 39.2 Å². The summed E-state index contributed by atoms with van der Waals surface area (Å²) in [5, 5.41) is 0. The number of furan rings is 1. The summed E-state index contributed by atoms with van der Waals surface area (Å²) in [5.41, 5.74) is 5.37. The molecule has 0 aliphatic carbocycles. The number of hydrogen-bond acceptors (Lipinski definition) is 3. The van der Waals surface area contributed by atoms with Crippen LogP contribution in [0.15, 0.2) is 21.6 Å². The highest BCUT2D eigenvalue weighted by Crippen LogP contribution is 2.23. The number of hydrogen-bond donors (Lipinski definition) is 1. The first-order valence-electron chi connectivity index (χ1n) is 3.71. The first-order chi connectivity index (χ1) is 5.34. The van der Waals surface area contributed by atoms with Crippen LogP contribution < -0.4 is 5.73 Å². The summed E-state index contributed by atoms with van der Waals surface area (Å²) in [6, 6.07) is 2.00. The average Bonchev–Trinajstić information content (AvgIpc) is 2.37. The van der Waals surface area contributed by atoms with Crippen LogP contribution in [0.2, 0.25) is 0 Å². The van der Waals surface area contributed by atoms with Crippen molar-refractivity contribution in [3.05, 3.63) is 18.1 Å². The number of nitrogens with two attached hydrogens (primary N) is 1. The SMILES string of the molecule is Cc1occc1SCCCN. The molecule has 0 saturated carbocycles. The Balaban J connectivity index is 2.32. The highest BCUT2D eigenvalue weighted by Gasteiger charge is 1.99. The van der Waals surface area contributed by atoms with E-state index >= 15 is 0 Å². The van der Waals surface area contributed by atoms with Gasteiger partial charge in [-0.05, 0) is 31.7 Å². The molecule has 1 aromatic rings. The van der Waals surface area contributed by atoms with E-state index in [9.17, 15) is 0 Å². The molecule has 1 rings (SSSR count). The summed E-state index contributed by atoms with van der Waals surface area (Å²) < 4.78 is 5.14. The zero-order valence-electron chi connectivity index (χ0n) is 6.67. The third-order valence-corrected chi connectivity index (χ3v) is 2.64. The van der Waals surface area contributed by atoms with Crippen molar-refractivity contribution in [1.29, 1.82) is 0 Å². The zero-order chi connectivity index (χ0) is 8.10. The van der Waals surface area contributed by atoms with E-state index in [2.05, 4.69) is 0 Å². The smallest absolute Gasteiger partial charge is 0.114 e.